The summed E-state index contributed by atoms with van der Waals surface area (Å²) >= 11 is 0. The SMILES string of the molecule is CCC[C@H]1CCN(S(=O)(=O)c2nc(Nc3c4c(cc5c3CCC5)CCC4)n[nH]2)C1. The van der Waals surface area contributed by atoms with Gasteiger partial charge in [-0.1, -0.05) is 19.4 Å². The molecule has 1 atom stereocenters. The van der Waals surface area contributed by atoms with Crippen LogP contribution in [0.3, 0.4) is 0 Å². The molecule has 0 amide bonds. The number of aromatic nitrogens is 3. The summed E-state index contributed by atoms with van der Waals surface area (Å²) in [4.78, 5) is 4.34. The Morgan fingerprint density at radius 2 is 1.90 bits per heavy atom. The van der Waals surface area contributed by atoms with E-state index in [1.54, 1.807) is 4.31 Å². The maximum absolute atomic E-state index is 13.0. The highest BCUT2D eigenvalue weighted by atomic mass is 32.2. The van der Waals surface area contributed by atoms with Gasteiger partial charge in [0.25, 0.3) is 15.2 Å². The summed E-state index contributed by atoms with van der Waals surface area (Å²) < 4.78 is 27.5. The second-order valence-electron chi connectivity index (χ2n) is 8.63. The minimum atomic E-state index is -3.62. The molecule has 2 aliphatic carbocycles. The summed E-state index contributed by atoms with van der Waals surface area (Å²) in [5, 5.41) is 10.2. The molecular formula is C21H29N5O2S. The molecule has 7 nitrogen and oxygen atoms in total. The molecule has 3 aliphatic rings. The molecule has 156 valence electrons. The fourth-order valence-corrected chi connectivity index (χ4v) is 6.64. The van der Waals surface area contributed by atoms with Gasteiger partial charge in [-0.25, -0.2) is 13.5 Å². The number of aryl methyl sites for hydroxylation is 2. The van der Waals surface area contributed by atoms with Gasteiger partial charge in [0.05, 0.1) is 0 Å². The van der Waals surface area contributed by atoms with Gasteiger partial charge in [-0.2, -0.15) is 9.29 Å². The number of nitrogens with one attached hydrogen (secondary N) is 2. The molecule has 0 spiro atoms. The van der Waals surface area contributed by atoms with Crippen LogP contribution in [-0.2, 0) is 35.7 Å². The molecule has 1 aromatic heterocycles. The van der Waals surface area contributed by atoms with Gasteiger partial charge in [0.15, 0.2) is 0 Å². The van der Waals surface area contributed by atoms with Crippen LogP contribution in [0.15, 0.2) is 11.2 Å². The Morgan fingerprint density at radius 1 is 1.17 bits per heavy atom. The first-order chi connectivity index (χ1) is 14.1. The van der Waals surface area contributed by atoms with Crippen LogP contribution in [0.4, 0.5) is 11.6 Å². The van der Waals surface area contributed by atoms with Gasteiger partial charge in [0, 0.05) is 18.8 Å². The van der Waals surface area contributed by atoms with Crippen LogP contribution < -0.4 is 5.32 Å². The van der Waals surface area contributed by atoms with Crippen molar-refractivity contribution < 1.29 is 8.42 Å². The summed E-state index contributed by atoms with van der Waals surface area (Å²) in [6.45, 7) is 3.29. The summed E-state index contributed by atoms with van der Waals surface area (Å²) in [5.41, 5.74) is 6.70. The average molecular weight is 416 g/mol. The van der Waals surface area contributed by atoms with Gasteiger partial charge < -0.3 is 5.32 Å². The molecule has 1 aliphatic heterocycles. The zero-order valence-electron chi connectivity index (χ0n) is 17.0. The Hall–Kier alpha value is -1.93. The molecule has 1 aromatic carbocycles. The van der Waals surface area contributed by atoms with Crippen molar-refractivity contribution in [3.8, 4) is 0 Å². The summed E-state index contributed by atoms with van der Waals surface area (Å²) in [7, 11) is -3.62. The van der Waals surface area contributed by atoms with Crippen molar-refractivity contribution in [3.05, 3.63) is 28.3 Å². The fraction of sp³-hybridized carbons (Fsp3) is 0.619. The van der Waals surface area contributed by atoms with E-state index in [4.69, 9.17) is 0 Å². The largest absolute Gasteiger partial charge is 0.322 e. The number of rotatable bonds is 6. The van der Waals surface area contributed by atoms with Gasteiger partial charge in [0.1, 0.15) is 0 Å². The second kappa shape index (κ2) is 7.40. The number of H-pyrrole nitrogens is 1. The van der Waals surface area contributed by atoms with Crippen LogP contribution in [0.1, 0.15) is 61.3 Å². The third kappa shape index (κ3) is 3.36. The molecular weight excluding hydrogens is 386 g/mol. The average Bonchev–Trinajstić information content (AvgIpc) is 3.48. The van der Waals surface area contributed by atoms with E-state index >= 15 is 0 Å². The van der Waals surface area contributed by atoms with Crippen LogP contribution in [0.25, 0.3) is 0 Å². The first kappa shape index (κ1) is 19.1. The summed E-state index contributed by atoms with van der Waals surface area (Å²) in [6.07, 6.45) is 9.80. The molecule has 1 fully saturated rings. The third-order valence-electron chi connectivity index (χ3n) is 6.70. The fourth-order valence-electron chi connectivity index (χ4n) is 5.28. The van der Waals surface area contributed by atoms with E-state index in [2.05, 4.69) is 33.5 Å². The topological polar surface area (TPSA) is 91.0 Å². The van der Waals surface area contributed by atoms with Crippen molar-refractivity contribution in [3.63, 3.8) is 0 Å². The Bertz CT molecular complexity index is 998. The number of sulfonamides is 1. The highest BCUT2D eigenvalue weighted by molar-refractivity contribution is 7.89. The zero-order valence-corrected chi connectivity index (χ0v) is 17.8. The lowest BCUT2D eigenvalue weighted by Crippen LogP contribution is -2.29. The number of hydrogen-bond acceptors (Lipinski definition) is 5. The van der Waals surface area contributed by atoms with E-state index in [0.717, 1.165) is 50.6 Å². The van der Waals surface area contributed by atoms with E-state index < -0.39 is 10.0 Å². The minimum absolute atomic E-state index is 0.0543. The molecule has 2 aromatic rings. The maximum Gasteiger partial charge on any atom is 0.278 e. The van der Waals surface area contributed by atoms with Gasteiger partial charge in [-0.3, -0.25) is 0 Å². The highest BCUT2D eigenvalue weighted by Crippen LogP contribution is 2.39. The van der Waals surface area contributed by atoms with Crippen molar-refractivity contribution in [2.75, 3.05) is 18.4 Å². The first-order valence-corrected chi connectivity index (χ1v) is 12.4. The Balaban J connectivity index is 1.40. The number of fused-ring (bicyclic) bond motifs is 2. The van der Waals surface area contributed by atoms with Crippen molar-refractivity contribution >= 4 is 21.7 Å². The predicted molar refractivity (Wildman–Crippen MR) is 112 cm³/mol. The molecule has 1 saturated heterocycles. The number of nitrogens with zero attached hydrogens (tertiary/aromatic N) is 3. The number of anilines is 2. The number of benzene rings is 1. The smallest absolute Gasteiger partial charge is 0.278 e. The molecule has 0 unspecified atom stereocenters. The Morgan fingerprint density at radius 3 is 2.59 bits per heavy atom. The van der Waals surface area contributed by atoms with Gasteiger partial charge in [-0.05, 0) is 79.5 Å². The lowest BCUT2D eigenvalue weighted by Gasteiger charge is -2.15. The molecule has 2 heterocycles. The summed E-state index contributed by atoms with van der Waals surface area (Å²) in [5.74, 6) is 0.798. The molecule has 2 N–H and O–H groups in total. The quantitative estimate of drug-likeness (QED) is 0.755. The Labute approximate surface area is 172 Å². The van der Waals surface area contributed by atoms with E-state index in [-0.39, 0.29) is 5.16 Å². The summed E-state index contributed by atoms with van der Waals surface area (Å²) in [6, 6.07) is 2.38. The monoisotopic (exact) mass is 415 g/mol. The normalized spacial score (nSPS) is 21.5. The van der Waals surface area contributed by atoms with Crippen molar-refractivity contribution in [2.24, 2.45) is 5.92 Å². The Kier molecular flexibility index (Phi) is 4.86. The molecule has 0 bridgehead atoms. The van der Waals surface area contributed by atoms with Gasteiger partial charge in [0.2, 0.25) is 5.95 Å². The van der Waals surface area contributed by atoms with Crippen LogP contribution in [-0.4, -0.2) is 41.0 Å². The van der Waals surface area contributed by atoms with E-state index in [9.17, 15) is 8.42 Å². The lowest BCUT2D eigenvalue weighted by molar-refractivity contribution is 0.440. The van der Waals surface area contributed by atoms with E-state index in [0.29, 0.717) is 25.0 Å². The first-order valence-electron chi connectivity index (χ1n) is 10.9. The molecule has 5 rings (SSSR count). The van der Waals surface area contributed by atoms with E-state index in [1.165, 1.54) is 35.1 Å². The molecule has 0 saturated carbocycles. The minimum Gasteiger partial charge on any atom is -0.322 e. The van der Waals surface area contributed by atoms with Crippen LogP contribution in [0.2, 0.25) is 0 Å². The van der Waals surface area contributed by atoms with Crippen LogP contribution in [0.5, 0.6) is 0 Å². The van der Waals surface area contributed by atoms with Crippen LogP contribution in [0, 0.1) is 5.92 Å². The van der Waals surface area contributed by atoms with Gasteiger partial charge in [-0.15, -0.1) is 5.10 Å². The van der Waals surface area contributed by atoms with Crippen molar-refractivity contribution in [1.82, 2.24) is 19.5 Å². The predicted octanol–water partition coefficient (Wildman–Crippen LogP) is 3.34. The number of hydrogen-bond donors (Lipinski definition) is 2. The van der Waals surface area contributed by atoms with Crippen LogP contribution >= 0.6 is 0 Å². The maximum atomic E-state index is 13.0. The molecule has 8 heteroatoms. The zero-order chi connectivity index (χ0) is 20.0. The number of aromatic amines is 1. The second-order valence-corrected chi connectivity index (χ2v) is 10.5. The standard InChI is InChI=1S/C21H29N5O2S/c1-2-5-14-10-11-26(13-14)29(27,28)21-23-20(24-25-21)22-19-17-8-3-6-15(17)12-16-7-4-9-18(16)19/h12,14H,2-11,13H2,1H3,(H2,22,23,24,25)/t14-/m0/s1. The molecule has 29 heavy (non-hydrogen) atoms. The third-order valence-corrected chi connectivity index (χ3v) is 8.39. The van der Waals surface area contributed by atoms with Gasteiger partial charge >= 0.3 is 0 Å². The molecule has 0 radical (unpaired) electrons. The van der Waals surface area contributed by atoms with Crippen molar-refractivity contribution in [1.29, 1.82) is 0 Å². The van der Waals surface area contributed by atoms with Crippen molar-refractivity contribution in [2.45, 2.75) is 69.9 Å². The highest BCUT2D eigenvalue weighted by Gasteiger charge is 2.34. The lowest BCUT2D eigenvalue weighted by atomic mass is 9.99. The van der Waals surface area contributed by atoms with E-state index in [1.807, 2.05) is 0 Å².